The van der Waals surface area contributed by atoms with Gasteiger partial charge in [-0.15, -0.1) is 6.58 Å². The van der Waals surface area contributed by atoms with Crippen molar-refractivity contribution in [1.82, 2.24) is 0 Å². The van der Waals surface area contributed by atoms with Crippen LogP contribution >= 0.6 is 0 Å². The summed E-state index contributed by atoms with van der Waals surface area (Å²) in [5, 5.41) is 0. The number of rotatable bonds is 4. The summed E-state index contributed by atoms with van der Waals surface area (Å²) in [4.78, 5) is 11.8. The van der Waals surface area contributed by atoms with Crippen LogP contribution in [0.5, 0.6) is 0 Å². The summed E-state index contributed by atoms with van der Waals surface area (Å²) in [6, 6.07) is 0. The van der Waals surface area contributed by atoms with Gasteiger partial charge in [0.15, 0.2) is 0 Å². The second-order valence-corrected chi connectivity index (χ2v) is 7.41. The fourth-order valence-electron chi connectivity index (χ4n) is 4.23. The molecule has 0 amide bonds. The van der Waals surface area contributed by atoms with Crippen LogP contribution in [0.1, 0.15) is 60.3 Å². The first-order valence-electron chi connectivity index (χ1n) is 6.93. The maximum atomic E-state index is 11.8. The summed E-state index contributed by atoms with van der Waals surface area (Å²) < 4.78 is 5.12. The molecule has 0 radical (unpaired) electrons. The zero-order chi connectivity index (χ0) is 14.0. The van der Waals surface area contributed by atoms with Gasteiger partial charge in [-0.1, -0.05) is 33.8 Å². The zero-order valence-electron chi connectivity index (χ0n) is 12.6. The van der Waals surface area contributed by atoms with Crippen molar-refractivity contribution in [3.63, 3.8) is 0 Å². The van der Waals surface area contributed by atoms with Crippen LogP contribution in [-0.2, 0) is 9.53 Å². The molecular weight excluding hydrogens is 224 g/mol. The minimum absolute atomic E-state index is 0.0918. The van der Waals surface area contributed by atoms with E-state index in [9.17, 15) is 4.79 Å². The van der Waals surface area contributed by atoms with Gasteiger partial charge in [0.1, 0.15) is 0 Å². The van der Waals surface area contributed by atoms with E-state index in [1.807, 2.05) is 13.0 Å². The summed E-state index contributed by atoms with van der Waals surface area (Å²) in [6.45, 7) is 15.5. The number of hydrogen-bond donors (Lipinski definition) is 0. The lowest BCUT2D eigenvalue weighted by molar-refractivity contribution is -0.147. The molecule has 0 aliphatic heterocycles. The molecule has 1 fully saturated rings. The Labute approximate surface area is 112 Å². The van der Waals surface area contributed by atoms with Gasteiger partial charge in [-0.05, 0) is 42.4 Å². The fourth-order valence-corrected chi connectivity index (χ4v) is 4.23. The predicted molar refractivity (Wildman–Crippen MR) is 75.3 cm³/mol. The molecule has 0 N–H and O–H groups in total. The van der Waals surface area contributed by atoms with Crippen LogP contribution in [0.25, 0.3) is 0 Å². The molecule has 18 heavy (non-hydrogen) atoms. The van der Waals surface area contributed by atoms with Gasteiger partial charge in [-0.25, -0.2) is 0 Å². The lowest BCUT2D eigenvalue weighted by atomic mass is 9.54. The van der Waals surface area contributed by atoms with Gasteiger partial charge in [-0.3, -0.25) is 4.79 Å². The Morgan fingerprint density at radius 2 is 1.67 bits per heavy atom. The number of hydrogen-bond acceptors (Lipinski definition) is 2. The molecule has 1 saturated carbocycles. The Hall–Kier alpha value is -0.790. The van der Waals surface area contributed by atoms with E-state index in [4.69, 9.17) is 4.74 Å². The van der Waals surface area contributed by atoms with Crippen LogP contribution in [0, 0.1) is 16.2 Å². The van der Waals surface area contributed by atoms with E-state index in [0.717, 1.165) is 12.8 Å². The van der Waals surface area contributed by atoms with Crippen molar-refractivity contribution in [2.24, 2.45) is 16.2 Å². The van der Waals surface area contributed by atoms with Gasteiger partial charge in [0.25, 0.3) is 0 Å². The average Bonchev–Trinajstić information content (AvgIpc) is 2.12. The van der Waals surface area contributed by atoms with Gasteiger partial charge in [0, 0.05) is 0 Å². The van der Waals surface area contributed by atoms with E-state index in [1.165, 1.54) is 6.42 Å². The molecule has 0 bridgehead atoms. The molecule has 0 saturated heterocycles. The zero-order valence-corrected chi connectivity index (χ0v) is 12.6. The molecule has 1 aliphatic rings. The Kier molecular flexibility index (Phi) is 4.30. The number of ether oxygens (including phenoxy) is 1. The Bertz CT molecular complexity index is 310. The largest absolute Gasteiger partial charge is 0.466 e. The Morgan fingerprint density at radius 1 is 1.17 bits per heavy atom. The van der Waals surface area contributed by atoms with Gasteiger partial charge in [0.05, 0.1) is 13.0 Å². The van der Waals surface area contributed by atoms with Crippen molar-refractivity contribution in [3.8, 4) is 0 Å². The molecule has 0 aromatic heterocycles. The number of allylic oxidation sites excluding steroid dienone is 1. The maximum absolute atomic E-state index is 11.8. The number of carbonyl (C=O) groups is 1. The quantitative estimate of drug-likeness (QED) is 0.549. The lowest BCUT2D eigenvalue weighted by Crippen LogP contribution is -2.41. The van der Waals surface area contributed by atoms with E-state index in [1.54, 1.807) is 0 Å². The van der Waals surface area contributed by atoms with Crippen molar-refractivity contribution >= 4 is 5.97 Å². The average molecular weight is 252 g/mol. The van der Waals surface area contributed by atoms with Crippen molar-refractivity contribution in [2.75, 3.05) is 6.61 Å². The van der Waals surface area contributed by atoms with Crippen molar-refractivity contribution in [2.45, 2.75) is 60.3 Å². The minimum Gasteiger partial charge on any atom is -0.466 e. The molecule has 0 spiro atoms. The molecule has 1 rings (SSSR count). The van der Waals surface area contributed by atoms with Crippen LogP contribution in [0.4, 0.5) is 0 Å². The summed E-state index contributed by atoms with van der Waals surface area (Å²) in [5.41, 5.74) is 0.405. The highest BCUT2D eigenvalue weighted by atomic mass is 16.5. The highest BCUT2D eigenvalue weighted by Gasteiger charge is 2.46. The number of carbonyl (C=O) groups excluding carboxylic acids is 1. The number of esters is 1. The standard InChI is InChI=1S/C16H28O2/c1-7-16(9-13(17)18-8-2)11-14(3,4)10-15(5,6)12-16/h7H,1,8-12H2,2-6H3. The molecule has 0 aromatic rings. The molecule has 1 aliphatic carbocycles. The first-order chi connectivity index (χ1) is 8.14. The van der Waals surface area contributed by atoms with Gasteiger partial charge in [-0.2, -0.15) is 0 Å². The third kappa shape index (κ3) is 3.86. The summed E-state index contributed by atoms with van der Waals surface area (Å²) >= 11 is 0. The van der Waals surface area contributed by atoms with E-state index < -0.39 is 0 Å². The maximum Gasteiger partial charge on any atom is 0.306 e. The smallest absolute Gasteiger partial charge is 0.306 e. The molecule has 0 atom stereocenters. The summed E-state index contributed by atoms with van der Waals surface area (Å²) in [6.07, 6.45) is 5.69. The van der Waals surface area contributed by atoms with Crippen molar-refractivity contribution in [1.29, 1.82) is 0 Å². The molecule has 0 aromatic carbocycles. The molecule has 0 unspecified atom stereocenters. The van der Waals surface area contributed by atoms with Crippen LogP contribution in [0.3, 0.4) is 0 Å². The van der Waals surface area contributed by atoms with Crippen molar-refractivity contribution < 1.29 is 9.53 Å². The highest BCUT2D eigenvalue weighted by molar-refractivity contribution is 5.70. The second kappa shape index (κ2) is 5.07. The second-order valence-electron chi connectivity index (χ2n) is 7.41. The Morgan fingerprint density at radius 3 is 2.06 bits per heavy atom. The van der Waals surface area contributed by atoms with E-state index >= 15 is 0 Å². The van der Waals surface area contributed by atoms with Gasteiger partial charge >= 0.3 is 5.97 Å². The predicted octanol–water partition coefficient (Wildman–Crippen LogP) is 4.35. The molecule has 104 valence electrons. The molecule has 2 nitrogen and oxygen atoms in total. The van der Waals surface area contributed by atoms with E-state index in [0.29, 0.717) is 13.0 Å². The lowest BCUT2D eigenvalue weighted by Gasteiger charge is -2.50. The fraction of sp³-hybridized carbons (Fsp3) is 0.812. The Balaban J connectivity index is 2.92. The third-order valence-corrected chi connectivity index (χ3v) is 3.85. The van der Waals surface area contributed by atoms with Gasteiger partial charge < -0.3 is 4.74 Å². The van der Waals surface area contributed by atoms with Crippen LogP contribution in [0.15, 0.2) is 12.7 Å². The summed E-state index contributed by atoms with van der Waals surface area (Å²) in [5.74, 6) is -0.0918. The monoisotopic (exact) mass is 252 g/mol. The van der Waals surface area contributed by atoms with Crippen LogP contribution < -0.4 is 0 Å². The van der Waals surface area contributed by atoms with E-state index in [2.05, 4.69) is 34.3 Å². The highest BCUT2D eigenvalue weighted by Crippen LogP contribution is 2.56. The topological polar surface area (TPSA) is 26.3 Å². The third-order valence-electron chi connectivity index (χ3n) is 3.85. The first-order valence-corrected chi connectivity index (χ1v) is 6.93. The first kappa shape index (κ1) is 15.3. The summed E-state index contributed by atoms with van der Waals surface area (Å²) in [7, 11) is 0. The van der Waals surface area contributed by atoms with Crippen LogP contribution in [0.2, 0.25) is 0 Å². The van der Waals surface area contributed by atoms with Crippen molar-refractivity contribution in [3.05, 3.63) is 12.7 Å². The van der Waals surface area contributed by atoms with Crippen LogP contribution in [-0.4, -0.2) is 12.6 Å². The van der Waals surface area contributed by atoms with E-state index in [-0.39, 0.29) is 22.2 Å². The minimum atomic E-state index is -0.0997. The SMILES string of the molecule is C=CC1(CC(=O)OCC)CC(C)(C)CC(C)(C)C1. The molecule has 0 heterocycles. The van der Waals surface area contributed by atoms with Gasteiger partial charge in [0.2, 0.25) is 0 Å². The normalized spacial score (nSPS) is 24.3. The molecular formula is C16H28O2. The molecule has 2 heteroatoms.